The van der Waals surface area contributed by atoms with Crippen molar-refractivity contribution in [3.05, 3.63) is 58.2 Å². The van der Waals surface area contributed by atoms with Crippen molar-refractivity contribution < 1.29 is 22.7 Å². The van der Waals surface area contributed by atoms with Crippen LogP contribution in [0.25, 0.3) is 6.08 Å². The minimum absolute atomic E-state index is 0.106. The first-order valence-corrected chi connectivity index (χ1v) is 13.4. The molecule has 184 valence electrons. The summed E-state index contributed by atoms with van der Waals surface area (Å²) in [5.41, 5.74) is 1.31. The zero-order valence-electron chi connectivity index (χ0n) is 19.0. The molecule has 0 radical (unpaired) electrons. The van der Waals surface area contributed by atoms with Crippen LogP contribution < -0.4 is 9.64 Å². The number of halogens is 1. The second-order valence-electron chi connectivity index (χ2n) is 9.35. The number of piperazine rings is 1. The van der Waals surface area contributed by atoms with Gasteiger partial charge in [-0.1, -0.05) is 11.6 Å². The Morgan fingerprint density at radius 2 is 1.89 bits per heavy atom. The van der Waals surface area contributed by atoms with Crippen molar-refractivity contribution in [2.24, 2.45) is 0 Å². The number of piperidine rings is 1. The van der Waals surface area contributed by atoms with Crippen molar-refractivity contribution >= 4 is 39.3 Å². The molecule has 0 aliphatic carbocycles. The summed E-state index contributed by atoms with van der Waals surface area (Å²) in [6, 6.07) is 9.03. The molecule has 2 aromatic rings. The van der Waals surface area contributed by atoms with Crippen LogP contribution in [-0.2, 0) is 19.6 Å². The van der Waals surface area contributed by atoms with E-state index in [9.17, 15) is 13.2 Å². The lowest BCUT2D eigenvalue weighted by Gasteiger charge is -2.39. The Hall–Kier alpha value is -2.66. The van der Waals surface area contributed by atoms with Crippen molar-refractivity contribution in [2.75, 3.05) is 44.2 Å². The number of carbonyl (C=O) groups excluding carboxylic acids is 1. The van der Waals surface area contributed by atoms with E-state index in [4.69, 9.17) is 21.1 Å². The third-order valence-corrected chi connectivity index (χ3v) is 9.31. The Morgan fingerprint density at radius 1 is 1.11 bits per heavy atom. The fourth-order valence-corrected chi connectivity index (χ4v) is 6.87. The van der Waals surface area contributed by atoms with E-state index >= 15 is 0 Å². The molecule has 1 aromatic heterocycles. The summed E-state index contributed by atoms with van der Waals surface area (Å²) in [5.74, 6) is 0.305. The predicted molar refractivity (Wildman–Crippen MR) is 130 cm³/mol. The van der Waals surface area contributed by atoms with Crippen molar-refractivity contribution in [1.29, 1.82) is 0 Å². The van der Waals surface area contributed by atoms with Gasteiger partial charge in [0.15, 0.2) is 0 Å². The second kappa shape index (κ2) is 8.48. The summed E-state index contributed by atoms with van der Waals surface area (Å²) in [7, 11) is -3.90. The summed E-state index contributed by atoms with van der Waals surface area (Å²) in [5, 5.41) is 0.518. The molecule has 6 rings (SSSR count). The number of amides is 1. The first-order valence-electron chi connectivity index (χ1n) is 11.6. The highest BCUT2D eigenvalue weighted by Crippen LogP contribution is 2.39. The maximum absolute atomic E-state index is 13.4. The van der Waals surface area contributed by atoms with Crippen LogP contribution in [0.15, 0.2) is 47.6 Å². The standard InChI is InChI=1S/C24H25ClN4O5S/c25-18-2-1-17-11-20(15-33-21(17)12-18)35(31,32)28-13-22(30)29-16-24(34-23(29)14-28)5-9-27(10-6-24)19-3-7-26-8-4-19/h1-4,7-8,11-12,23H,5-6,9-10,13-16H2. The average molecular weight is 517 g/mol. The number of fused-ring (bicyclic) bond motifs is 2. The van der Waals surface area contributed by atoms with Gasteiger partial charge in [0.2, 0.25) is 15.9 Å². The SMILES string of the molecule is O=C1CN(S(=O)(=O)C2=Cc3ccc(Cl)cc3OC2)CC2OC3(CCN(c4ccncc4)CC3)CN12. The molecule has 9 nitrogen and oxygen atoms in total. The second-order valence-corrected chi connectivity index (χ2v) is 11.8. The minimum Gasteiger partial charge on any atom is -0.487 e. The number of pyridine rings is 1. The van der Waals surface area contributed by atoms with E-state index in [-0.39, 0.29) is 30.5 Å². The highest BCUT2D eigenvalue weighted by atomic mass is 35.5. The average Bonchev–Trinajstić information content (AvgIpc) is 3.23. The Balaban J connectivity index is 1.17. The zero-order chi connectivity index (χ0) is 24.2. The zero-order valence-corrected chi connectivity index (χ0v) is 20.5. The molecule has 1 spiro atoms. The van der Waals surface area contributed by atoms with Crippen LogP contribution in [0.3, 0.4) is 0 Å². The number of aromatic nitrogens is 1. The van der Waals surface area contributed by atoms with Crippen molar-refractivity contribution in [3.63, 3.8) is 0 Å². The van der Waals surface area contributed by atoms with Crippen molar-refractivity contribution in [2.45, 2.75) is 24.7 Å². The third kappa shape index (κ3) is 4.08. The lowest BCUT2D eigenvalue weighted by atomic mass is 9.91. The summed E-state index contributed by atoms with van der Waals surface area (Å²) in [4.78, 5) is 21.2. The molecule has 5 heterocycles. The number of ether oxygens (including phenoxy) is 2. The van der Waals surface area contributed by atoms with E-state index in [1.807, 2.05) is 12.1 Å². The molecule has 1 amide bonds. The van der Waals surface area contributed by atoms with Gasteiger partial charge in [-0.2, -0.15) is 4.31 Å². The van der Waals surface area contributed by atoms with E-state index in [0.717, 1.165) is 31.6 Å². The molecule has 3 fully saturated rings. The Morgan fingerprint density at radius 3 is 2.66 bits per heavy atom. The quantitative estimate of drug-likeness (QED) is 0.618. The van der Waals surface area contributed by atoms with Gasteiger partial charge in [0.25, 0.3) is 0 Å². The minimum atomic E-state index is -3.90. The number of sulfonamides is 1. The van der Waals surface area contributed by atoms with Gasteiger partial charge < -0.3 is 19.3 Å². The fraction of sp³-hybridized carbons (Fsp3) is 0.417. The van der Waals surface area contributed by atoms with Gasteiger partial charge in [0.05, 0.1) is 30.1 Å². The lowest BCUT2D eigenvalue weighted by Crippen LogP contribution is -2.56. The smallest absolute Gasteiger partial charge is 0.243 e. The predicted octanol–water partition coefficient (Wildman–Crippen LogP) is 2.34. The molecule has 3 saturated heterocycles. The summed E-state index contributed by atoms with van der Waals surface area (Å²) >= 11 is 6.00. The van der Waals surface area contributed by atoms with E-state index < -0.39 is 21.9 Å². The molecular formula is C24H25ClN4O5S. The summed E-state index contributed by atoms with van der Waals surface area (Å²) in [6.45, 7) is 1.89. The lowest BCUT2D eigenvalue weighted by molar-refractivity contribution is -0.144. The van der Waals surface area contributed by atoms with Crippen molar-refractivity contribution in [1.82, 2.24) is 14.2 Å². The van der Waals surface area contributed by atoms with Crippen molar-refractivity contribution in [3.8, 4) is 5.75 Å². The number of rotatable bonds is 3. The summed E-state index contributed by atoms with van der Waals surface area (Å²) in [6.07, 6.45) is 6.09. The Bertz CT molecular complexity index is 1290. The topological polar surface area (TPSA) is 92.3 Å². The first kappa shape index (κ1) is 22.8. The highest BCUT2D eigenvalue weighted by molar-refractivity contribution is 7.93. The maximum Gasteiger partial charge on any atom is 0.243 e. The van der Waals surface area contributed by atoms with Gasteiger partial charge in [-0.3, -0.25) is 9.78 Å². The molecule has 11 heteroatoms. The van der Waals surface area contributed by atoms with Crippen LogP contribution >= 0.6 is 11.6 Å². The highest BCUT2D eigenvalue weighted by Gasteiger charge is 2.52. The number of hydrogen-bond donors (Lipinski definition) is 0. The molecule has 4 aliphatic rings. The van der Waals surface area contributed by atoms with Gasteiger partial charge >= 0.3 is 0 Å². The number of anilines is 1. The van der Waals surface area contributed by atoms with E-state index in [1.54, 1.807) is 41.6 Å². The van der Waals surface area contributed by atoms with E-state index in [0.29, 0.717) is 22.9 Å². The molecule has 0 saturated carbocycles. The van der Waals surface area contributed by atoms with E-state index in [2.05, 4.69) is 9.88 Å². The molecule has 0 bridgehead atoms. The monoisotopic (exact) mass is 516 g/mol. The van der Waals surface area contributed by atoms with E-state index in [1.165, 1.54) is 4.31 Å². The molecule has 1 unspecified atom stereocenters. The number of carbonyl (C=O) groups is 1. The number of benzene rings is 1. The summed E-state index contributed by atoms with van der Waals surface area (Å²) < 4.78 is 40.2. The van der Waals surface area contributed by atoms with Crippen LogP contribution in [0.2, 0.25) is 5.02 Å². The van der Waals surface area contributed by atoms with Crippen LogP contribution in [0.1, 0.15) is 18.4 Å². The maximum atomic E-state index is 13.4. The first-order chi connectivity index (χ1) is 16.8. The van der Waals surface area contributed by atoms with Crippen LogP contribution in [0, 0.1) is 0 Å². The number of nitrogens with zero attached hydrogens (tertiary/aromatic N) is 4. The van der Waals surface area contributed by atoms with Crippen LogP contribution in [0.4, 0.5) is 5.69 Å². The molecule has 35 heavy (non-hydrogen) atoms. The third-order valence-electron chi connectivity index (χ3n) is 7.22. The van der Waals surface area contributed by atoms with Crippen LogP contribution in [-0.4, -0.2) is 79.7 Å². The molecular weight excluding hydrogens is 492 g/mol. The normalized spacial score (nSPS) is 24.1. The molecule has 4 aliphatic heterocycles. The molecule has 1 aromatic carbocycles. The molecule has 0 N–H and O–H groups in total. The van der Waals surface area contributed by atoms with Gasteiger partial charge in [-0.25, -0.2) is 8.42 Å². The largest absolute Gasteiger partial charge is 0.487 e. The van der Waals surface area contributed by atoms with Gasteiger partial charge in [0.1, 0.15) is 18.6 Å². The Kier molecular flexibility index (Phi) is 5.52. The van der Waals surface area contributed by atoms with Crippen LogP contribution in [0.5, 0.6) is 5.75 Å². The van der Waals surface area contributed by atoms with Gasteiger partial charge in [-0.15, -0.1) is 0 Å². The van der Waals surface area contributed by atoms with Gasteiger partial charge in [0, 0.05) is 41.8 Å². The number of hydrogen-bond acceptors (Lipinski definition) is 7. The molecule has 1 atom stereocenters. The Labute approximate surface area is 208 Å². The fourth-order valence-electron chi connectivity index (χ4n) is 5.28. The van der Waals surface area contributed by atoms with Gasteiger partial charge in [-0.05, 0) is 49.2 Å².